The second-order valence-corrected chi connectivity index (χ2v) is 5.75. The maximum absolute atomic E-state index is 12.1. The fraction of sp³-hybridized carbons (Fsp3) is 0.300. The third kappa shape index (κ3) is 6.08. The van der Waals surface area contributed by atoms with Crippen molar-refractivity contribution in [3.05, 3.63) is 48.0 Å². The normalized spacial score (nSPS) is 10.8. The molecule has 0 saturated carbocycles. The van der Waals surface area contributed by atoms with Gasteiger partial charge in [-0.25, -0.2) is 0 Å². The van der Waals surface area contributed by atoms with Crippen molar-refractivity contribution in [2.24, 2.45) is 4.99 Å². The molecule has 0 saturated heterocycles. The second kappa shape index (κ2) is 10.7. The molecule has 0 aliphatic carbocycles. The van der Waals surface area contributed by atoms with Gasteiger partial charge in [0.05, 0.1) is 27.9 Å². The molecule has 2 aromatic rings. The Kier molecular flexibility index (Phi) is 7.95. The predicted octanol–water partition coefficient (Wildman–Crippen LogP) is 2.02. The molecule has 0 atom stereocenters. The van der Waals surface area contributed by atoms with E-state index >= 15 is 0 Å². The van der Waals surface area contributed by atoms with Gasteiger partial charge in [0.15, 0.2) is 17.5 Å². The number of nitrogens with zero attached hydrogens (tertiary/aromatic N) is 1. The first-order valence-corrected chi connectivity index (χ1v) is 8.69. The molecular weight excluding hydrogens is 360 g/mol. The Balaban J connectivity index is 1.83. The number of rotatable bonds is 8. The van der Waals surface area contributed by atoms with E-state index < -0.39 is 0 Å². The van der Waals surface area contributed by atoms with Gasteiger partial charge >= 0.3 is 0 Å². The van der Waals surface area contributed by atoms with Gasteiger partial charge in [0.25, 0.3) is 0 Å². The van der Waals surface area contributed by atoms with Crippen molar-refractivity contribution >= 4 is 17.6 Å². The number of hydrogen-bond donors (Lipinski definition) is 3. The predicted molar refractivity (Wildman–Crippen MR) is 109 cm³/mol. The monoisotopic (exact) mass is 386 g/mol. The number of ether oxygens (including phenoxy) is 3. The van der Waals surface area contributed by atoms with Crippen molar-refractivity contribution in [2.75, 3.05) is 40.2 Å². The first kappa shape index (κ1) is 20.9. The van der Waals surface area contributed by atoms with Crippen LogP contribution in [0.2, 0.25) is 0 Å². The minimum Gasteiger partial charge on any atom is -0.497 e. The average molecular weight is 386 g/mol. The zero-order valence-electron chi connectivity index (χ0n) is 16.5. The summed E-state index contributed by atoms with van der Waals surface area (Å²) in [6.45, 7) is 0.523. The van der Waals surface area contributed by atoms with Crippen LogP contribution in [0.25, 0.3) is 0 Å². The van der Waals surface area contributed by atoms with E-state index in [9.17, 15) is 4.79 Å². The maximum Gasteiger partial charge on any atom is 0.239 e. The highest BCUT2D eigenvalue weighted by atomic mass is 16.5. The molecule has 2 rings (SSSR count). The Hall–Kier alpha value is -3.42. The number of methoxy groups -OCH3 is 3. The van der Waals surface area contributed by atoms with Gasteiger partial charge in [0.2, 0.25) is 5.91 Å². The Bertz CT molecular complexity index is 806. The molecule has 28 heavy (non-hydrogen) atoms. The van der Waals surface area contributed by atoms with Gasteiger partial charge in [0, 0.05) is 25.3 Å². The lowest BCUT2D eigenvalue weighted by molar-refractivity contribution is -0.120. The van der Waals surface area contributed by atoms with Crippen LogP contribution in [0.1, 0.15) is 5.56 Å². The van der Waals surface area contributed by atoms with Gasteiger partial charge in [-0.2, -0.15) is 0 Å². The lowest BCUT2D eigenvalue weighted by Gasteiger charge is -2.14. The van der Waals surface area contributed by atoms with E-state index in [4.69, 9.17) is 14.2 Å². The molecular formula is C20H26N4O4. The topological polar surface area (TPSA) is 93.2 Å². The van der Waals surface area contributed by atoms with Crippen molar-refractivity contribution < 1.29 is 19.0 Å². The number of carbonyl (C=O) groups excluding carboxylic acids is 1. The average Bonchev–Trinajstić information content (AvgIpc) is 2.75. The summed E-state index contributed by atoms with van der Waals surface area (Å²) in [5, 5.41) is 8.93. The highest BCUT2D eigenvalue weighted by molar-refractivity contribution is 5.96. The zero-order valence-corrected chi connectivity index (χ0v) is 16.5. The molecule has 1 amide bonds. The smallest absolute Gasteiger partial charge is 0.239 e. The molecule has 150 valence electrons. The van der Waals surface area contributed by atoms with Crippen LogP contribution in [0.15, 0.2) is 47.5 Å². The summed E-state index contributed by atoms with van der Waals surface area (Å²) in [6.07, 6.45) is 0. The van der Waals surface area contributed by atoms with E-state index in [-0.39, 0.29) is 12.5 Å². The van der Waals surface area contributed by atoms with Crippen LogP contribution >= 0.6 is 0 Å². The Morgan fingerprint density at radius 3 is 2.25 bits per heavy atom. The Morgan fingerprint density at radius 2 is 1.64 bits per heavy atom. The summed E-state index contributed by atoms with van der Waals surface area (Å²) < 4.78 is 15.6. The first-order chi connectivity index (χ1) is 13.6. The van der Waals surface area contributed by atoms with E-state index in [0.717, 1.165) is 17.0 Å². The molecule has 0 bridgehead atoms. The van der Waals surface area contributed by atoms with Crippen molar-refractivity contribution in [2.45, 2.75) is 6.54 Å². The van der Waals surface area contributed by atoms with E-state index in [0.29, 0.717) is 24.0 Å². The van der Waals surface area contributed by atoms with Gasteiger partial charge in [-0.15, -0.1) is 0 Å². The van der Waals surface area contributed by atoms with Crippen LogP contribution < -0.4 is 30.2 Å². The minimum atomic E-state index is -0.147. The summed E-state index contributed by atoms with van der Waals surface area (Å²) in [4.78, 5) is 16.2. The molecule has 0 heterocycles. The van der Waals surface area contributed by atoms with Crippen LogP contribution in [0.4, 0.5) is 5.69 Å². The standard InChI is InChI=1S/C20H26N4O4/c1-21-20(24-15-7-10-17(27-3)18(11-15)28-4)23-13-19(25)22-12-14-5-8-16(26-2)9-6-14/h5-11H,12-13H2,1-4H3,(H,22,25)(H2,21,23,24). The lowest BCUT2D eigenvalue weighted by atomic mass is 10.2. The van der Waals surface area contributed by atoms with E-state index in [1.807, 2.05) is 30.3 Å². The van der Waals surface area contributed by atoms with Gasteiger partial charge in [-0.1, -0.05) is 12.1 Å². The van der Waals surface area contributed by atoms with Crippen LogP contribution in [0.3, 0.4) is 0 Å². The highest BCUT2D eigenvalue weighted by Crippen LogP contribution is 2.29. The van der Waals surface area contributed by atoms with Crippen LogP contribution in [0, 0.1) is 0 Å². The molecule has 0 aromatic heterocycles. The van der Waals surface area contributed by atoms with Gasteiger partial charge < -0.3 is 30.2 Å². The summed E-state index contributed by atoms with van der Waals surface area (Å²) in [5.74, 6) is 2.33. The summed E-state index contributed by atoms with van der Waals surface area (Å²) in [7, 11) is 6.40. The number of guanidine groups is 1. The van der Waals surface area contributed by atoms with Gasteiger partial charge in [-0.3, -0.25) is 9.79 Å². The molecule has 8 nitrogen and oxygen atoms in total. The molecule has 3 N–H and O–H groups in total. The molecule has 8 heteroatoms. The Labute approximate surface area is 164 Å². The molecule has 0 spiro atoms. The second-order valence-electron chi connectivity index (χ2n) is 5.75. The molecule has 0 unspecified atom stereocenters. The van der Waals surface area contributed by atoms with Crippen LogP contribution in [0.5, 0.6) is 17.2 Å². The summed E-state index contributed by atoms with van der Waals surface area (Å²) in [5.41, 5.74) is 1.74. The van der Waals surface area contributed by atoms with E-state index in [2.05, 4.69) is 20.9 Å². The quantitative estimate of drug-likeness (QED) is 0.475. The first-order valence-electron chi connectivity index (χ1n) is 8.69. The molecule has 0 aliphatic heterocycles. The molecule has 0 aliphatic rings. The van der Waals surface area contributed by atoms with Crippen molar-refractivity contribution in [3.8, 4) is 17.2 Å². The highest BCUT2D eigenvalue weighted by Gasteiger charge is 2.08. The van der Waals surface area contributed by atoms with E-state index in [1.165, 1.54) is 0 Å². The molecule has 0 radical (unpaired) electrons. The number of amides is 1. The number of aliphatic imine (C=N–C) groups is 1. The number of carbonyl (C=O) groups is 1. The number of nitrogens with one attached hydrogen (secondary N) is 3. The maximum atomic E-state index is 12.1. The van der Waals surface area contributed by atoms with Gasteiger partial charge in [0.1, 0.15) is 5.75 Å². The third-order valence-electron chi connectivity index (χ3n) is 3.94. The zero-order chi connectivity index (χ0) is 20.4. The Morgan fingerprint density at radius 1 is 0.929 bits per heavy atom. The van der Waals surface area contributed by atoms with Gasteiger partial charge in [-0.05, 0) is 29.8 Å². The SMILES string of the molecule is CN=C(NCC(=O)NCc1ccc(OC)cc1)Nc1ccc(OC)c(OC)c1. The third-order valence-corrected chi connectivity index (χ3v) is 3.94. The van der Waals surface area contributed by atoms with Crippen molar-refractivity contribution in [1.82, 2.24) is 10.6 Å². The van der Waals surface area contributed by atoms with Crippen molar-refractivity contribution in [3.63, 3.8) is 0 Å². The number of benzene rings is 2. The number of anilines is 1. The largest absolute Gasteiger partial charge is 0.497 e. The fourth-order valence-electron chi connectivity index (χ4n) is 2.40. The number of hydrogen-bond acceptors (Lipinski definition) is 5. The lowest BCUT2D eigenvalue weighted by Crippen LogP contribution is -2.39. The van der Waals surface area contributed by atoms with Crippen LogP contribution in [-0.4, -0.2) is 46.8 Å². The molecule has 2 aromatic carbocycles. The molecule has 0 fully saturated rings. The summed E-state index contributed by atoms with van der Waals surface area (Å²) >= 11 is 0. The van der Waals surface area contributed by atoms with Crippen molar-refractivity contribution in [1.29, 1.82) is 0 Å². The van der Waals surface area contributed by atoms with Crippen LogP contribution in [-0.2, 0) is 11.3 Å². The van der Waals surface area contributed by atoms with E-state index in [1.54, 1.807) is 40.5 Å². The minimum absolute atomic E-state index is 0.0864. The summed E-state index contributed by atoms with van der Waals surface area (Å²) in [6, 6.07) is 12.9. The fourth-order valence-corrected chi connectivity index (χ4v) is 2.40.